The molecule has 3 aromatic rings. The van der Waals surface area contributed by atoms with Crippen LogP contribution in [0.3, 0.4) is 0 Å². The van der Waals surface area contributed by atoms with Gasteiger partial charge in [0.05, 0.1) is 36.1 Å². The van der Waals surface area contributed by atoms with Crippen molar-refractivity contribution in [1.29, 1.82) is 5.41 Å². The molecular weight excluding hydrogens is 498 g/mol. The number of aliphatic carboxylic acids is 1. The minimum absolute atomic E-state index is 0.0495. The second kappa shape index (κ2) is 10.5. The van der Waals surface area contributed by atoms with E-state index in [1.54, 1.807) is 34.6 Å². The van der Waals surface area contributed by atoms with Crippen LogP contribution >= 0.6 is 0 Å². The average molecular weight is 534 g/mol. The van der Waals surface area contributed by atoms with E-state index in [-0.39, 0.29) is 29.5 Å². The molecule has 0 bridgehead atoms. The van der Waals surface area contributed by atoms with Crippen LogP contribution in [0.1, 0.15) is 84.5 Å². The lowest BCUT2D eigenvalue weighted by atomic mass is 9.84. The van der Waals surface area contributed by atoms with Crippen LogP contribution in [0.25, 0.3) is 11.0 Å². The van der Waals surface area contributed by atoms with Crippen molar-refractivity contribution in [2.45, 2.75) is 59.0 Å². The summed E-state index contributed by atoms with van der Waals surface area (Å²) >= 11 is 0. The first-order valence-electron chi connectivity index (χ1n) is 13.0. The molecule has 1 aliphatic rings. The molecule has 2 aromatic carbocycles. The quantitative estimate of drug-likeness (QED) is 0.351. The summed E-state index contributed by atoms with van der Waals surface area (Å²) in [5.41, 5.74) is 3.93. The lowest BCUT2D eigenvalue weighted by Crippen LogP contribution is -2.30. The molecule has 0 saturated heterocycles. The molecule has 0 spiro atoms. The van der Waals surface area contributed by atoms with Gasteiger partial charge in [0.25, 0.3) is 5.91 Å². The summed E-state index contributed by atoms with van der Waals surface area (Å²) in [6, 6.07) is 6.14. The number of carboxylic acid groups (broad SMARTS) is 1. The van der Waals surface area contributed by atoms with Crippen LogP contribution in [0.15, 0.2) is 30.6 Å². The maximum absolute atomic E-state index is 13.6. The zero-order valence-corrected chi connectivity index (χ0v) is 23.2. The molecule has 206 valence electrons. The highest BCUT2D eigenvalue weighted by atomic mass is 16.5. The number of carbonyl (C=O) groups excluding carboxylic acids is 2. The van der Waals surface area contributed by atoms with Crippen LogP contribution < -0.4 is 10.1 Å². The second-order valence-corrected chi connectivity index (χ2v) is 10.7. The molecule has 4 rings (SSSR count). The van der Waals surface area contributed by atoms with Gasteiger partial charge in [-0.1, -0.05) is 27.7 Å². The maximum atomic E-state index is 13.6. The van der Waals surface area contributed by atoms with Gasteiger partial charge in [-0.2, -0.15) is 0 Å². The van der Waals surface area contributed by atoms with E-state index in [1.807, 2.05) is 33.8 Å². The highest BCUT2D eigenvalue weighted by Crippen LogP contribution is 2.34. The number of rotatable bonds is 9. The molecule has 0 saturated carbocycles. The number of amides is 1. The molecule has 1 atom stereocenters. The standard InChI is InChI=1S/C29H35N5O5/c1-7-21(28(37)38)34-15-32-25-20(29(3,4)5)9-16(10-22(25)34)23(35)14-33-13-17-11-24(39-8-2)19(27(36)31-6)12-18(17)26(33)30/h9-12,15,21,30H,7-8,13-14H2,1-6H3,(H,31,36)(H,37,38). The number of aromatic nitrogens is 2. The molecule has 10 nitrogen and oxygen atoms in total. The van der Waals surface area contributed by atoms with Gasteiger partial charge in [-0.05, 0) is 54.2 Å². The van der Waals surface area contributed by atoms with Gasteiger partial charge in [0.15, 0.2) is 5.78 Å². The van der Waals surface area contributed by atoms with E-state index in [2.05, 4.69) is 10.3 Å². The Bertz CT molecular complexity index is 1480. The molecule has 0 radical (unpaired) electrons. The minimum atomic E-state index is -0.961. The Balaban J connectivity index is 1.70. The first-order valence-corrected chi connectivity index (χ1v) is 13.0. The Morgan fingerprint density at radius 2 is 1.90 bits per heavy atom. The number of ketones is 1. The topological polar surface area (TPSA) is 138 Å². The molecule has 10 heteroatoms. The van der Waals surface area contributed by atoms with Crippen LogP contribution in [0, 0.1) is 5.41 Å². The molecule has 0 fully saturated rings. The number of carbonyl (C=O) groups is 3. The van der Waals surface area contributed by atoms with Crippen molar-refractivity contribution in [3.63, 3.8) is 0 Å². The summed E-state index contributed by atoms with van der Waals surface area (Å²) < 4.78 is 7.29. The Hall–Kier alpha value is -4.21. The smallest absolute Gasteiger partial charge is 0.326 e. The number of benzene rings is 2. The predicted octanol–water partition coefficient (Wildman–Crippen LogP) is 4.15. The average Bonchev–Trinajstić information content (AvgIpc) is 3.43. The van der Waals surface area contributed by atoms with Gasteiger partial charge in [-0.3, -0.25) is 15.0 Å². The highest BCUT2D eigenvalue weighted by molar-refractivity contribution is 6.08. The van der Waals surface area contributed by atoms with E-state index in [9.17, 15) is 19.5 Å². The molecule has 3 N–H and O–H groups in total. The van der Waals surface area contributed by atoms with Gasteiger partial charge in [0.2, 0.25) is 0 Å². The molecule has 1 unspecified atom stereocenters. The van der Waals surface area contributed by atoms with Crippen molar-refractivity contribution in [2.24, 2.45) is 0 Å². The lowest BCUT2D eigenvalue weighted by molar-refractivity contribution is -0.140. The van der Waals surface area contributed by atoms with Gasteiger partial charge in [0, 0.05) is 24.7 Å². The van der Waals surface area contributed by atoms with Crippen molar-refractivity contribution in [3.8, 4) is 5.75 Å². The minimum Gasteiger partial charge on any atom is -0.493 e. The number of fused-ring (bicyclic) bond motifs is 2. The molecule has 39 heavy (non-hydrogen) atoms. The van der Waals surface area contributed by atoms with Crippen LogP contribution in [0.4, 0.5) is 0 Å². The van der Waals surface area contributed by atoms with Crippen molar-refractivity contribution >= 4 is 34.5 Å². The van der Waals surface area contributed by atoms with E-state index in [1.165, 1.54) is 13.4 Å². The van der Waals surface area contributed by atoms with Crippen LogP contribution in [-0.2, 0) is 16.8 Å². The fraction of sp³-hybridized carbons (Fsp3) is 0.414. The first-order chi connectivity index (χ1) is 18.4. The van der Waals surface area contributed by atoms with Crippen molar-refractivity contribution in [1.82, 2.24) is 19.8 Å². The van der Waals surface area contributed by atoms with Crippen molar-refractivity contribution in [2.75, 3.05) is 20.2 Å². The Kier molecular flexibility index (Phi) is 7.50. The van der Waals surface area contributed by atoms with Crippen LogP contribution in [0.2, 0.25) is 0 Å². The van der Waals surface area contributed by atoms with E-state index < -0.39 is 12.0 Å². The normalized spacial score (nSPS) is 13.9. The van der Waals surface area contributed by atoms with Crippen LogP contribution in [0.5, 0.6) is 5.75 Å². The van der Waals surface area contributed by atoms with Gasteiger partial charge in [-0.15, -0.1) is 0 Å². The van der Waals surface area contributed by atoms with E-state index in [0.717, 1.165) is 11.1 Å². The van der Waals surface area contributed by atoms with Gasteiger partial charge < -0.3 is 24.6 Å². The van der Waals surface area contributed by atoms with Gasteiger partial charge in [0.1, 0.15) is 17.6 Å². The second-order valence-electron chi connectivity index (χ2n) is 10.7. The van der Waals surface area contributed by atoms with Crippen molar-refractivity contribution in [3.05, 3.63) is 58.4 Å². The summed E-state index contributed by atoms with van der Waals surface area (Å²) in [7, 11) is 1.54. The number of hydrogen-bond acceptors (Lipinski definition) is 6. The molecule has 1 amide bonds. The number of ether oxygens (including phenoxy) is 1. The summed E-state index contributed by atoms with van der Waals surface area (Å²) in [4.78, 5) is 44.2. The molecule has 2 heterocycles. The maximum Gasteiger partial charge on any atom is 0.326 e. The third-order valence-electron chi connectivity index (χ3n) is 7.06. The molecular formula is C29H35N5O5. The largest absolute Gasteiger partial charge is 0.493 e. The summed E-state index contributed by atoms with van der Waals surface area (Å²) in [6.07, 6.45) is 1.90. The zero-order valence-electron chi connectivity index (χ0n) is 23.2. The third kappa shape index (κ3) is 5.10. The van der Waals surface area contributed by atoms with E-state index in [0.29, 0.717) is 53.0 Å². The number of nitrogens with one attached hydrogen (secondary N) is 2. The van der Waals surface area contributed by atoms with E-state index in [4.69, 9.17) is 10.1 Å². The fourth-order valence-electron chi connectivity index (χ4n) is 5.02. The SMILES string of the molecule is CCOc1cc2c(cc1C(=O)NC)C(=N)N(CC(=O)c1cc(C(C)(C)C)c3ncn(C(CC)C(=O)O)c3c1)C2. The number of nitrogens with zero attached hydrogens (tertiary/aromatic N) is 3. The highest BCUT2D eigenvalue weighted by Gasteiger charge is 2.31. The Morgan fingerprint density at radius 1 is 1.18 bits per heavy atom. The van der Waals surface area contributed by atoms with Crippen LogP contribution in [-0.4, -0.2) is 63.3 Å². The number of amidine groups is 1. The van der Waals surface area contributed by atoms with Crippen molar-refractivity contribution < 1.29 is 24.2 Å². The summed E-state index contributed by atoms with van der Waals surface area (Å²) in [5.74, 6) is -0.876. The Labute approximate surface area is 227 Å². The number of carboxylic acids is 1. The number of imidazole rings is 1. The fourth-order valence-corrected chi connectivity index (χ4v) is 5.02. The van der Waals surface area contributed by atoms with Gasteiger partial charge in [-0.25, -0.2) is 9.78 Å². The predicted molar refractivity (Wildman–Crippen MR) is 148 cm³/mol. The number of Topliss-reactive ketones (excluding diaryl/α,β-unsaturated/α-hetero) is 1. The summed E-state index contributed by atoms with van der Waals surface area (Å²) in [5, 5.41) is 21.1. The molecule has 1 aliphatic heterocycles. The monoisotopic (exact) mass is 533 g/mol. The number of hydrogen-bond donors (Lipinski definition) is 3. The van der Waals surface area contributed by atoms with E-state index >= 15 is 0 Å². The zero-order chi connectivity index (χ0) is 28.6. The lowest BCUT2D eigenvalue weighted by Gasteiger charge is -2.22. The Morgan fingerprint density at radius 3 is 2.49 bits per heavy atom. The summed E-state index contributed by atoms with van der Waals surface area (Å²) in [6.45, 7) is 10.4. The van der Waals surface area contributed by atoms with Gasteiger partial charge >= 0.3 is 5.97 Å². The molecule has 1 aromatic heterocycles. The first kappa shape index (κ1) is 27.8. The third-order valence-corrected chi connectivity index (χ3v) is 7.06. The molecule has 0 aliphatic carbocycles.